The van der Waals surface area contributed by atoms with E-state index >= 15 is 0 Å². The van der Waals surface area contributed by atoms with Crippen LogP contribution < -0.4 is 5.73 Å². The molecule has 0 unspecified atom stereocenters. The van der Waals surface area contributed by atoms with E-state index in [1.165, 1.54) is 0 Å². The van der Waals surface area contributed by atoms with Crippen molar-refractivity contribution in [3.05, 3.63) is 65.7 Å². The van der Waals surface area contributed by atoms with Crippen LogP contribution in [-0.2, 0) is 21.1 Å². The first-order valence-corrected chi connectivity index (χ1v) is 9.64. The molecular weight excluding hydrogens is 490 g/mol. The first-order chi connectivity index (χ1) is 12.3. The molecule has 150 valence electrons. The van der Waals surface area contributed by atoms with Gasteiger partial charge in [-0.1, -0.05) is 111 Å². The predicted molar refractivity (Wildman–Crippen MR) is 116 cm³/mol. The Morgan fingerprint density at radius 2 is 1.19 bits per heavy atom. The number of nitrogen functional groups attached to an aromatic ring is 1. The summed E-state index contributed by atoms with van der Waals surface area (Å²) in [5, 5.41) is 0. The minimum absolute atomic E-state index is 0. The Morgan fingerprint density at radius 3 is 1.58 bits per heavy atom. The van der Waals surface area contributed by atoms with Gasteiger partial charge in [-0.2, -0.15) is 18.2 Å². The van der Waals surface area contributed by atoms with Gasteiger partial charge in [0.25, 0.3) is 0 Å². The normalized spacial score (nSPS) is 6.85. The summed E-state index contributed by atoms with van der Waals surface area (Å²) >= 11 is 0. The molecule has 0 atom stereocenters. The van der Waals surface area contributed by atoms with Crippen molar-refractivity contribution in [1.82, 2.24) is 0 Å². The van der Waals surface area contributed by atoms with E-state index in [4.69, 9.17) is 5.73 Å². The molecule has 0 aliphatic heterocycles. The summed E-state index contributed by atoms with van der Waals surface area (Å²) in [6.45, 7) is 20.0. The fourth-order valence-electron chi connectivity index (χ4n) is 1.38. The molecule has 0 aliphatic carbocycles. The van der Waals surface area contributed by atoms with E-state index in [1.807, 2.05) is 87.4 Å². The number of ketones is 1. The molecule has 0 saturated carbocycles. The van der Waals surface area contributed by atoms with Gasteiger partial charge in [-0.15, -0.1) is 6.07 Å². The Bertz CT molecular complexity index is 485. The van der Waals surface area contributed by atoms with Gasteiger partial charge in [-0.25, -0.2) is 0 Å². The third-order valence-electron chi connectivity index (χ3n) is 2.18. The molecule has 0 saturated heterocycles. The van der Waals surface area contributed by atoms with Gasteiger partial charge >= 0.3 is 0 Å². The molecule has 2 nitrogen and oxygen atoms in total. The zero-order chi connectivity index (χ0) is 20.7. The monoisotopic (exact) mass is 530 g/mol. The third kappa shape index (κ3) is 16.1. The summed E-state index contributed by atoms with van der Waals surface area (Å²) in [7, 11) is 0. The SMILES string of the molecule is CC.CC.CC.CC.CC.Nc1cc[c-]cc1C(=O)c1ccccc1.[W]. The van der Waals surface area contributed by atoms with Crippen LogP contribution in [0.15, 0.2) is 48.5 Å². The van der Waals surface area contributed by atoms with Crippen molar-refractivity contribution in [1.29, 1.82) is 0 Å². The maximum Gasteiger partial charge on any atom is 0.140 e. The summed E-state index contributed by atoms with van der Waals surface area (Å²) in [5.41, 5.74) is 7.35. The molecule has 0 fully saturated rings. The molecule has 26 heavy (non-hydrogen) atoms. The molecule has 2 aromatic rings. The third-order valence-corrected chi connectivity index (χ3v) is 2.18. The maximum absolute atomic E-state index is 12.0. The topological polar surface area (TPSA) is 43.1 Å². The first-order valence-electron chi connectivity index (χ1n) is 9.64. The van der Waals surface area contributed by atoms with Gasteiger partial charge in [-0.05, 0) is 0 Å². The molecule has 3 heteroatoms. The van der Waals surface area contributed by atoms with E-state index in [1.54, 1.807) is 30.3 Å². The average molecular weight is 530 g/mol. The Labute approximate surface area is 177 Å². The Balaban J connectivity index is -0.000000116. The van der Waals surface area contributed by atoms with Gasteiger partial charge < -0.3 is 10.5 Å². The molecule has 0 aliphatic rings. The van der Waals surface area contributed by atoms with Crippen LogP contribution in [0.4, 0.5) is 5.69 Å². The Kier molecular flexibility index (Phi) is 43.0. The van der Waals surface area contributed by atoms with Crippen LogP contribution in [0.3, 0.4) is 0 Å². The van der Waals surface area contributed by atoms with Crippen molar-refractivity contribution in [2.45, 2.75) is 69.2 Å². The second kappa shape index (κ2) is 31.4. The standard InChI is InChI=1S/C13H10NO.5C2H6.W/c14-12-9-5-4-8-11(12)13(15)10-6-2-1-3-7-10;5*1-2;/h1-3,5-9H,14H2;5*1-2H3;/q-1;;;;;;. The van der Waals surface area contributed by atoms with Crippen LogP contribution in [0.1, 0.15) is 85.2 Å². The smallest absolute Gasteiger partial charge is 0.140 e. The summed E-state index contributed by atoms with van der Waals surface area (Å²) in [5.74, 6) is -0.0649. The molecule has 0 spiro atoms. The number of hydrogen-bond donors (Lipinski definition) is 1. The number of carbonyl (C=O) groups excluding carboxylic acids is 1. The Morgan fingerprint density at radius 1 is 0.769 bits per heavy atom. The van der Waals surface area contributed by atoms with Crippen LogP contribution in [0.25, 0.3) is 0 Å². The van der Waals surface area contributed by atoms with E-state index in [-0.39, 0.29) is 26.8 Å². The summed E-state index contributed by atoms with van der Waals surface area (Å²) in [6, 6.07) is 16.9. The molecule has 2 aromatic carbocycles. The fraction of sp³-hybridized carbons (Fsp3) is 0.435. The minimum Gasteiger partial charge on any atom is -0.419 e. The predicted octanol–water partition coefficient (Wildman–Crippen LogP) is 7.43. The van der Waals surface area contributed by atoms with Gasteiger partial charge in [0, 0.05) is 26.6 Å². The second-order valence-electron chi connectivity index (χ2n) is 3.21. The second-order valence-corrected chi connectivity index (χ2v) is 3.21. The Hall–Kier alpha value is -1.40. The number of benzene rings is 2. The van der Waals surface area contributed by atoms with Crippen LogP contribution in [0, 0.1) is 6.07 Å². The molecule has 0 bridgehead atoms. The summed E-state index contributed by atoms with van der Waals surface area (Å²) in [6.07, 6.45) is 0. The molecule has 2 N–H and O–H groups in total. The van der Waals surface area contributed by atoms with Gasteiger partial charge in [-0.3, -0.25) is 0 Å². The van der Waals surface area contributed by atoms with Gasteiger partial charge in [0.05, 0.1) is 0 Å². The molecule has 0 amide bonds. The van der Waals surface area contributed by atoms with Crippen LogP contribution in [0.2, 0.25) is 0 Å². The fourth-order valence-corrected chi connectivity index (χ4v) is 1.38. The van der Waals surface area contributed by atoms with Crippen molar-refractivity contribution in [3.8, 4) is 0 Å². The van der Waals surface area contributed by atoms with Crippen molar-refractivity contribution in [2.75, 3.05) is 5.73 Å². The van der Waals surface area contributed by atoms with Crippen molar-refractivity contribution in [2.24, 2.45) is 0 Å². The summed E-state index contributed by atoms with van der Waals surface area (Å²) < 4.78 is 0. The average Bonchev–Trinajstić information content (AvgIpc) is 2.76. The first kappa shape index (κ1) is 35.7. The van der Waals surface area contributed by atoms with Crippen molar-refractivity contribution < 1.29 is 25.9 Å². The van der Waals surface area contributed by atoms with E-state index in [0.29, 0.717) is 16.8 Å². The quantitative estimate of drug-likeness (QED) is 0.249. The minimum atomic E-state index is -0.0649. The molecule has 0 radical (unpaired) electrons. The van der Waals surface area contributed by atoms with Gasteiger partial charge in [0.15, 0.2) is 0 Å². The van der Waals surface area contributed by atoms with Crippen LogP contribution in [-0.4, -0.2) is 5.78 Å². The van der Waals surface area contributed by atoms with Crippen molar-refractivity contribution in [3.63, 3.8) is 0 Å². The summed E-state index contributed by atoms with van der Waals surface area (Å²) in [4.78, 5) is 12.0. The van der Waals surface area contributed by atoms with E-state index in [9.17, 15) is 4.79 Å². The molecule has 0 heterocycles. The zero-order valence-electron chi connectivity index (χ0n) is 18.5. The van der Waals surface area contributed by atoms with Crippen molar-refractivity contribution >= 4 is 11.5 Å². The van der Waals surface area contributed by atoms with Gasteiger partial charge in [0.1, 0.15) is 5.78 Å². The van der Waals surface area contributed by atoms with Gasteiger partial charge in [0.2, 0.25) is 0 Å². The van der Waals surface area contributed by atoms with E-state index in [2.05, 4.69) is 6.07 Å². The number of anilines is 1. The molecule has 0 aromatic heterocycles. The number of rotatable bonds is 2. The molecular formula is C23H40NOW-. The zero-order valence-corrected chi connectivity index (χ0v) is 21.4. The molecule has 2 rings (SSSR count). The largest absolute Gasteiger partial charge is 0.419 e. The number of nitrogens with two attached hydrogens (primary N) is 1. The van der Waals surface area contributed by atoms with E-state index < -0.39 is 0 Å². The van der Waals surface area contributed by atoms with E-state index in [0.717, 1.165) is 0 Å². The van der Waals surface area contributed by atoms with Crippen LogP contribution in [0.5, 0.6) is 0 Å². The maximum atomic E-state index is 12.0. The number of carbonyl (C=O) groups is 1. The number of hydrogen-bond acceptors (Lipinski definition) is 2. The van der Waals surface area contributed by atoms with Crippen LogP contribution >= 0.6 is 0 Å².